The second-order valence-electron chi connectivity index (χ2n) is 6.52. The molecule has 0 aliphatic carbocycles. The molecule has 5 rings (SSSR count). The smallest absolute Gasteiger partial charge is 0.260 e. The van der Waals surface area contributed by atoms with Crippen LogP contribution in [0.5, 0.6) is 0 Å². The quantitative estimate of drug-likeness (QED) is 0.484. The molecule has 136 valence electrons. The first-order valence-electron chi connectivity index (χ1n) is 8.87. The van der Waals surface area contributed by atoms with Gasteiger partial charge in [0, 0.05) is 29.6 Å². The molecule has 0 saturated heterocycles. The summed E-state index contributed by atoms with van der Waals surface area (Å²) in [6.45, 7) is 0.274. The second kappa shape index (κ2) is 6.42. The van der Waals surface area contributed by atoms with Crippen LogP contribution in [0.25, 0.3) is 28.1 Å². The number of hydrogen-bond donors (Lipinski definition) is 0. The van der Waals surface area contributed by atoms with Crippen molar-refractivity contribution in [3.63, 3.8) is 0 Å². The predicted octanol–water partition coefficient (Wildman–Crippen LogP) is 3.90. The van der Waals surface area contributed by atoms with Crippen molar-refractivity contribution in [2.75, 3.05) is 0 Å². The van der Waals surface area contributed by atoms with Crippen LogP contribution in [-0.4, -0.2) is 18.9 Å². The highest BCUT2D eigenvalue weighted by atomic mass is 19.1. The lowest BCUT2D eigenvalue weighted by atomic mass is 10.2. The fourth-order valence-electron chi connectivity index (χ4n) is 3.49. The van der Waals surface area contributed by atoms with Crippen LogP contribution in [0, 0.1) is 5.82 Å². The van der Waals surface area contributed by atoms with E-state index in [4.69, 9.17) is 4.98 Å². The summed E-state index contributed by atoms with van der Waals surface area (Å²) in [7, 11) is 0. The molecule has 0 aliphatic heterocycles. The van der Waals surface area contributed by atoms with Gasteiger partial charge >= 0.3 is 0 Å². The summed E-state index contributed by atoms with van der Waals surface area (Å²) in [5, 5.41) is 0. The lowest BCUT2D eigenvalue weighted by Gasteiger charge is -2.08. The molecular weight excluding hydrogens is 355 g/mol. The van der Waals surface area contributed by atoms with Gasteiger partial charge in [0.25, 0.3) is 5.56 Å². The summed E-state index contributed by atoms with van der Waals surface area (Å²) >= 11 is 0. The van der Waals surface area contributed by atoms with E-state index in [0.29, 0.717) is 17.0 Å². The predicted molar refractivity (Wildman–Crippen MR) is 106 cm³/mol. The van der Waals surface area contributed by atoms with Gasteiger partial charge in [-0.15, -0.1) is 0 Å². The Hall–Kier alpha value is -3.80. The Kier molecular flexibility index (Phi) is 3.76. The Labute approximate surface area is 159 Å². The number of halogens is 1. The number of imidazole rings is 1. The summed E-state index contributed by atoms with van der Waals surface area (Å²) in [5.74, 6) is 0.190. The highest BCUT2D eigenvalue weighted by Gasteiger charge is 2.16. The second-order valence-corrected chi connectivity index (χ2v) is 6.52. The number of aromatic nitrogens is 4. The van der Waals surface area contributed by atoms with Gasteiger partial charge in [0.2, 0.25) is 5.78 Å². The van der Waals surface area contributed by atoms with Crippen molar-refractivity contribution in [3.05, 3.63) is 101 Å². The standard InChI is InChI=1S/C22H15FN4O/c23-17-6-2-1-5-16(17)14-26-19-7-3-4-8-20(19)27-21(28)13-18(25-22(26)27)15-9-11-24-12-10-15/h1-13H,14H2. The largest absolute Gasteiger partial charge is 0.305 e. The van der Waals surface area contributed by atoms with Crippen LogP contribution in [0.15, 0.2) is 83.9 Å². The van der Waals surface area contributed by atoms with Crippen LogP contribution in [-0.2, 0) is 6.54 Å². The van der Waals surface area contributed by atoms with Gasteiger partial charge in [0.15, 0.2) is 0 Å². The molecule has 6 heteroatoms. The summed E-state index contributed by atoms with van der Waals surface area (Å²) < 4.78 is 17.7. The molecule has 0 aliphatic rings. The van der Waals surface area contributed by atoms with Gasteiger partial charge in [-0.3, -0.25) is 9.78 Å². The molecule has 28 heavy (non-hydrogen) atoms. The van der Waals surface area contributed by atoms with Gasteiger partial charge in [0.05, 0.1) is 23.3 Å². The highest BCUT2D eigenvalue weighted by Crippen LogP contribution is 2.23. The molecule has 3 aromatic heterocycles. The third-order valence-electron chi connectivity index (χ3n) is 4.82. The van der Waals surface area contributed by atoms with Crippen molar-refractivity contribution in [2.45, 2.75) is 6.54 Å². The van der Waals surface area contributed by atoms with E-state index in [0.717, 1.165) is 16.6 Å². The normalized spacial score (nSPS) is 11.3. The van der Waals surface area contributed by atoms with Crippen molar-refractivity contribution in [1.82, 2.24) is 18.9 Å². The van der Waals surface area contributed by atoms with Gasteiger partial charge in [-0.05, 0) is 30.3 Å². The summed E-state index contributed by atoms with van der Waals surface area (Å²) in [6, 6.07) is 19.3. The van der Waals surface area contributed by atoms with E-state index in [9.17, 15) is 9.18 Å². The highest BCUT2D eigenvalue weighted by molar-refractivity contribution is 5.81. The number of para-hydroxylation sites is 2. The monoisotopic (exact) mass is 370 g/mol. The molecular formula is C22H15FN4O. The van der Waals surface area contributed by atoms with Gasteiger partial charge in [-0.25, -0.2) is 13.8 Å². The Morgan fingerprint density at radius 3 is 2.39 bits per heavy atom. The Morgan fingerprint density at radius 2 is 1.61 bits per heavy atom. The first-order chi connectivity index (χ1) is 13.7. The molecule has 2 aromatic carbocycles. The SMILES string of the molecule is O=c1cc(-c2ccncc2)nc2n(Cc3ccccc3F)c3ccccc3n12. The van der Waals surface area contributed by atoms with Crippen molar-refractivity contribution in [1.29, 1.82) is 0 Å². The molecule has 0 amide bonds. The first-order valence-corrected chi connectivity index (χ1v) is 8.87. The maximum atomic E-state index is 14.3. The van der Waals surface area contributed by atoms with Crippen molar-refractivity contribution >= 4 is 16.8 Å². The average molecular weight is 370 g/mol. The summed E-state index contributed by atoms with van der Waals surface area (Å²) in [5.41, 5.74) is 3.28. The van der Waals surface area contributed by atoms with Crippen LogP contribution in [0.2, 0.25) is 0 Å². The fraction of sp³-hybridized carbons (Fsp3) is 0.0455. The third-order valence-corrected chi connectivity index (χ3v) is 4.82. The maximum Gasteiger partial charge on any atom is 0.260 e. The fourth-order valence-corrected chi connectivity index (χ4v) is 3.49. The van der Waals surface area contributed by atoms with Crippen molar-refractivity contribution in [3.8, 4) is 11.3 Å². The molecule has 0 radical (unpaired) electrons. The maximum absolute atomic E-state index is 14.3. The van der Waals surface area contributed by atoms with Crippen molar-refractivity contribution < 1.29 is 4.39 Å². The minimum absolute atomic E-state index is 0.180. The average Bonchev–Trinajstić information content (AvgIpc) is 3.04. The van der Waals surface area contributed by atoms with E-state index in [-0.39, 0.29) is 17.9 Å². The molecule has 0 saturated carbocycles. The lowest BCUT2D eigenvalue weighted by molar-refractivity contribution is 0.603. The van der Waals surface area contributed by atoms with Gasteiger partial charge in [0.1, 0.15) is 5.82 Å². The minimum Gasteiger partial charge on any atom is -0.305 e. The zero-order valence-corrected chi connectivity index (χ0v) is 14.8. The van der Waals surface area contributed by atoms with Crippen LogP contribution in [0.3, 0.4) is 0 Å². The van der Waals surface area contributed by atoms with E-state index in [1.807, 2.05) is 41.0 Å². The molecule has 0 fully saturated rings. The number of nitrogens with zero attached hydrogens (tertiary/aromatic N) is 4. The van der Waals surface area contributed by atoms with Gasteiger partial charge < -0.3 is 4.57 Å². The molecule has 0 spiro atoms. The summed E-state index contributed by atoms with van der Waals surface area (Å²) in [4.78, 5) is 21.7. The Morgan fingerprint density at radius 1 is 0.893 bits per heavy atom. The van der Waals surface area contributed by atoms with E-state index in [2.05, 4.69) is 4.98 Å². The number of rotatable bonds is 3. The van der Waals surface area contributed by atoms with E-state index in [1.54, 1.807) is 35.0 Å². The number of pyridine rings is 1. The molecule has 5 nitrogen and oxygen atoms in total. The zero-order valence-electron chi connectivity index (χ0n) is 14.8. The number of fused-ring (bicyclic) bond motifs is 3. The van der Waals surface area contributed by atoms with Gasteiger partial charge in [-0.1, -0.05) is 30.3 Å². The molecule has 5 aromatic rings. The molecule has 0 unspecified atom stereocenters. The van der Waals surface area contributed by atoms with Crippen molar-refractivity contribution in [2.24, 2.45) is 0 Å². The molecule has 3 heterocycles. The lowest BCUT2D eigenvalue weighted by Crippen LogP contribution is -2.15. The Balaban J connectivity index is 1.83. The van der Waals surface area contributed by atoms with E-state index in [1.165, 1.54) is 12.1 Å². The van der Waals surface area contributed by atoms with Crippen LogP contribution in [0.4, 0.5) is 4.39 Å². The van der Waals surface area contributed by atoms with Crippen LogP contribution in [0.1, 0.15) is 5.56 Å². The molecule has 0 bridgehead atoms. The zero-order chi connectivity index (χ0) is 19.1. The van der Waals surface area contributed by atoms with Crippen LogP contribution >= 0.6 is 0 Å². The Bertz CT molecular complexity index is 1370. The van der Waals surface area contributed by atoms with E-state index >= 15 is 0 Å². The molecule has 0 atom stereocenters. The van der Waals surface area contributed by atoms with Gasteiger partial charge in [-0.2, -0.15) is 0 Å². The molecule has 0 N–H and O–H groups in total. The van der Waals surface area contributed by atoms with Crippen LogP contribution < -0.4 is 5.56 Å². The third kappa shape index (κ3) is 2.58. The number of hydrogen-bond acceptors (Lipinski definition) is 3. The topological polar surface area (TPSA) is 52.2 Å². The van der Waals surface area contributed by atoms with E-state index < -0.39 is 0 Å². The first kappa shape index (κ1) is 16.4. The summed E-state index contributed by atoms with van der Waals surface area (Å²) in [6.07, 6.45) is 3.32. The number of benzene rings is 2. The minimum atomic E-state index is -0.286.